The summed E-state index contributed by atoms with van der Waals surface area (Å²) in [4.78, 5) is 24.6. The van der Waals surface area contributed by atoms with Crippen molar-refractivity contribution in [3.8, 4) is 0 Å². The van der Waals surface area contributed by atoms with Gasteiger partial charge in [-0.25, -0.2) is 12.7 Å². The van der Waals surface area contributed by atoms with E-state index < -0.39 is 10.0 Å². The van der Waals surface area contributed by atoms with Gasteiger partial charge in [0.15, 0.2) is 0 Å². The zero-order valence-corrected chi connectivity index (χ0v) is 17.5. The number of carbonyl (C=O) groups excluding carboxylic acids is 2. The first-order valence-electron chi connectivity index (χ1n) is 9.39. The van der Waals surface area contributed by atoms with Crippen LogP contribution >= 0.6 is 0 Å². The van der Waals surface area contributed by atoms with Gasteiger partial charge in [-0.05, 0) is 48.2 Å². The summed E-state index contributed by atoms with van der Waals surface area (Å²) in [6.07, 6.45) is 0.914. The molecule has 1 aliphatic carbocycles. The SMILES string of the molecule is CC1CC1C(=O)Nc1ccc(C(=O)NCc2ccccc2S(=O)(=O)N(C)C)cc1. The van der Waals surface area contributed by atoms with Gasteiger partial charge < -0.3 is 10.6 Å². The Labute approximate surface area is 171 Å². The van der Waals surface area contributed by atoms with Crippen molar-refractivity contribution in [2.24, 2.45) is 11.8 Å². The Morgan fingerprint density at radius 3 is 2.28 bits per heavy atom. The molecule has 0 aliphatic heterocycles. The van der Waals surface area contributed by atoms with Crippen molar-refractivity contribution >= 4 is 27.5 Å². The number of sulfonamides is 1. The molecule has 2 N–H and O–H groups in total. The van der Waals surface area contributed by atoms with E-state index in [1.807, 2.05) is 6.92 Å². The van der Waals surface area contributed by atoms with Crippen molar-refractivity contribution in [2.75, 3.05) is 19.4 Å². The second-order valence-electron chi connectivity index (χ2n) is 7.46. The molecular formula is C21H25N3O4S. The van der Waals surface area contributed by atoms with Crippen LogP contribution < -0.4 is 10.6 Å². The van der Waals surface area contributed by atoms with Crippen LogP contribution in [0.25, 0.3) is 0 Å². The highest BCUT2D eigenvalue weighted by Gasteiger charge is 2.39. The van der Waals surface area contributed by atoms with Gasteiger partial charge in [0.25, 0.3) is 5.91 Å². The highest BCUT2D eigenvalue weighted by molar-refractivity contribution is 7.89. The molecular weight excluding hydrogens is 390 g/mol. The molecule has 8 heteroatoms. The van der Waals surface area contributed by atoms with E-state index in [9.17, 15) is 18.0 Å². The maximum atomic E-state index is 12.4. The maximum absolute atomic E-state index is 12.4. The van der Waals surface area contributed by atoms with Crippen LogP contribution in [0.2, 0.25) is 0 Å². The first-order valence-corrected chi connectivity index (χ1v) is 10.8. The van der Waals surface area contributed by atoms with E-state index in [1.165, 1.54) is 20.2 Å². The average Bonchev–Trinajstić information content (AvgIpc) is 3.43. The van der Waals surface area contributed by atoms with Gasteiger partial charge in [-0.2, -0.15) is 0 Å². The molecule has 1 aliphatic rings. The van der Waals surface area contributed by atoms with Crippen molar-refractivity contribution in [3.05, 3.63) is 59.7 Å². The first kappa shape index (κ1) is 21.0. The molecule has 2 atom stereocenters. The Morgan fingerprint density at radius 1 is 1.07 bits per heavy atom. The lowest BCUT2D eigenvalue weighted by Gasteiger charge is -2.15. The molecule has 2 amide bonds. The molecule has 2 unspecified atom stereocenters. The number of hydrogen-bond donors (Lipinski definition) is 2. The van der Waals surface area contributed by atoms with Crippen LogP contribution in [0.4, 0.5) is 5.69 Å². The maximum Gasteiger partial charge on any atom is 0.251 e. The van der Waals surface area contributed by atoms with Gasteiger partial charge in [0.1, 0.15) is 0 Å². The quantitative estimate of drug-likeness (QED) is 0.726. The van der Waals surface area contributed by atoms with Crippen molar-refractivity contribution in [1.82, 2.24) is 9.62 Å². The highest BCUT2D eigenvalue weighted by Crippen LogP contribution is 2.38. The van der Waals surface area contributed by atoms with Gasteiger partial charge in [-0.15, -0.1) is 0 Å². The summed E-state index contributed by atoms with van der Waals surface area (Å²) >= 11 is 0. The Balaban J connectivity index is 1.64. The number of nitrogens with one attached hydrogen (secondary N) is 2. The second kappa shape index (κ2) is 8.34. The van der Waals surface area contributed by atoms with Crippen LogP contribution in [0.3, 0.4) is 0 Å². The monoisotopic (exact) mass is 415 g/mol. The predicted octanol–water partition coefficient (Wildman–Crippen LogP) is 2.46. The van der Waals surface area contributed by atoms with Crippen LogP contribution in [0, 0.1) is 11.8 Å². The molecule has 0 spiro atoms. The number of carbonyl (C=O) groups is 2. The molecule has 29 heavy (non-hydrogen) atoms. The van der Waals surface area contributed by atoms with Crippen molar-refractivity contribution in [2.45, 2.75) is 24.8 Å². The van der Waals surface area contributed by atoms with Gasteiger partial charge in [0.2, 0.25) is 15.9 Å². The minimum Gasteiger partial charge on any atom is -0.348 e. The van der Waals surface area contributed by atoms with Crippen molar-refractivity contribution in [3.63, 3.8) is 0 Å². The lowest BCUT2D eigenvalue weighted by Crippen LogP contribution is -2.27. The average molecular weight is 416 g/mol. The number of amides is 2. The minimum atomic E-state index is -3.60. The predicted molar refractivity (Wildman–Crippen MR) is 111 cm³/mol. The Bertz CT molecular complexity index is 1020. The summed E-state index contributed by atoms with van der Waals surface area (Å²) in [7, 11) is -0.667. The fourth-order valence-electron chi connectivity index (χ4n) is 3.00. The molecule has 0 radical (unpaired) electrons. The molecule has 0 aromatic heterocycles. The molecule has 0 bridgehead atoms. The normalized spacial score (nSPS) is 18.3. The molecule has 2 aromatic carbocycles. The van der Waals surface area contributed by atoms with Gasteiger partial charge in [0.05, 0.1) is 4.90 Å². The molecule has 2 aromatic rings. The molecule has 3 rings (SSSR count). The summed E-state index contributed by atoms with van der Waals surface area (Å²) < 4.78 is 26.0. The zero-order valence-electron chi connectivity index (χ0n) is 16.7. The molecule has 7 nitrogen and oxygen atoms in total. The van der Waals surface area contributed by atoms with Crippen molar-refractivity contribution in [1.29, 1.82) is 0 Å². The summed E-state index contributed by atoms with van der Waals surface area (Å²) in [6.45, 7) is 2.12. The topological polar surface area (TPSA) is 95.6 Å². The zero-order chi connectivity index (χ0) is 21.2. The van der Waals surface area contributed by atoms with E-state index in [-0.39, 0.29) is 29.2 Å². The number of rotatable bonds is 7. The third-order valence-corrected chi connectivity index (χ3v) is 6.95. The van der Waals surface area contributed by atoms with E-state index in [0.29, 0.717) is 22.7 Å². The minimum absolute atomic E-state index is 0.00779. The van der Waals surface area contributed by atoms with Crippen LogP contribution in [-0.2, 0) is 21.4 Å². The van der Waals surface area contributed by atoms with Crippen LogP contribution in [0.15, 0.2) is 53.4 Å². The Hall–Kier alpha value is -2.71. The van der Waals surface area contributed by atoms with E-state index in [1.54, 1.807) is 42.5 Å². The van der Waals surface area contributed by atoms with E-state index >= 15 is 0 Å². The van der Waals surface area contributed by atoms with Crippen LogP contribution in [0.1, 0.15) is 29.3 Å². The summed E-state index contributed by atoms with van der Waals surface area (Å²) in [5.74, 6) is 0.194. The van der Waals surface area contributed by atoms with Crippen LogP contribution in [-0.4, -0.2) is 38.6 Å². The van der Waals surface area contributed by atoms with Gasteiger partial charge >= 0.3 is 0 Å². The van der Waals surface area contributed by atoms with Crippen molar-refractivity contribution < 1.29 is 18.0 Å². The fourth-order valence-corrected chi connectivity index (χ4v) is 4.12. The Morgan fingerprint density at radius 2 is 1.69 bits per heavy atom. The van der Waals surface area contributed by atoms with E-state index in [4.69, 9.17) is 0 Å². The third-order valence-electron chi connectivity index (χ3n) is 5.03. The van der Waals surface area contributed by atoms with Gasteiger partial charge in [0, 0.05) is 37.8 Å². The fraction of sp³-hybridized carbons (Fsp3) is 0.333. The standard InChI is InChI=1S/C21H25N3O4S/c1-14-12-18(14)21(26)23-17-10-8-15(9-11-17)20(25)22-13-16-6-4-5-7-19(16)29(27,28)24(2)3/h4-11,14,18H,12-13H2,1-3H3,(H,22,25)(H,23,26). The Kier molecular flexibility index (Phi) is 6.04. The largest absolute Gasteiger partial charge is 0.348 e. The molecule has 154 valence electrons. The van der Waals surface area contributed by atoms with Crippen LogP contribution in [0.5, 0.6) is 0 Å². The number of nitrogens with zero attached hydrogens (tertiary/aromatic N) is 1. The lowest BCUT2D eigenvalue weighted by molar-refractivity contribution is -0.117. The smallest absolute Gasteiger partial charge is 0.251 e. The first-order chi connectivity index (χ1) is 13.7. The molecule has 0 heterocycles. The summed E-state index contributed by atoms with van der Waals surface area (Å²) in [5.41, 5.74) is 1.58. The number of hydrogen-bond acceptors (Lipinski definition) is 4. The highest BCUT2D eigenvalue weighted by atomic mass is 32.2. The summed E-state index contributed by atoms with van der Waals surface area (Å²) in [5, 5.41) is 5.60. The molecule has 1 saturated carbocycles. The molecule has 1 fully saturated rings. The van der Waals surface area contributed by atoms with Gasteiger partial charge in [-0.1, -0.05) is 25.1 Å². The third kappa shape index (κ3) is 4.83. The second-order valence-corrected chi connectivity index (χ2v) is 9.58. The summed E-state index contributed by atoms with van der Waals surface area (Å²) in [6, 6.07) is 13.2. The molecule has 0 saturated heterocycles. The number of benzene rings is 2. The van der Waals surface area contributed by atoms with E-state index in [2.05, 4.69) is 10.6 Å². The lowest BCUT2D eigenvalue weighted by atomic mass is 10.1. The van der Waals surface area contributed by atoms with E-state index in [0.717, 1.165) is 10.7 Å². The van der Waals surface area contributed by atoms with Gasteiger partial charge in [-0.3, -0.25) is 9.59 Å². The number of anilines is 1.